The molecule has 1 heterocycles. The van der Waals surface area contributed by atoms with Crippen LogP contribution in [0, 0.1) is 0 Å². The van der Waals surface area contributed by atoms with Gasteiger partial charge >= 0.3 is 0 Å². The van der Waals surface area contributed by atoms with Crippen molar-refractivity contribution in [2.75, 3.05) is 5.32 Å². The molecule has 1 unspecified atom stereocenters. The molecular formula is C13H15N3O2. The van der Waals surface area contributed by atoms with Gasteiger partial charge in [-0.15, -0.1) is 0 Å². The van der Waals surface area contributed by atoms with E-state index in [1.54, 1.807) is 38.4 Å². The molecule has 1 atom stereocenters. The van der Waals surface area contributed by atoms with E-state index in [9.17, 15) is 9.90 Å². The molecule has 1 aromatic heterocycles. The number of hydrogen-bond acceptors (Lipinski definition) is 3. The molecule has 94 valence electrons. The van der Waals surface area contributed by atoms with E-state index in [1.165, 1.54) is 4.68 Å². The highest BCUT2D eigenvalue weighted by molar-refractivity contribution is 6.03. The number of benzene rings is 1. The summed E-state index contributed by atoms with van der Waals surface area (Å²) in [6.45, 7) is 1.66. The van der Waals surface area contributed by atoms with E-state index in [0.717, 1.165) is 0 Å². The van der Waals surface area contributed by atoms with Crippen LogP contribution in [0.4, 0.5) is 5.69 Å². The van der Waals surface area contributed by atoms with Crippen LogP contribution >= 0.6 is 0 Å². The van der Waals surface area contributed by atoms with E-state index in [0.29, 0.717) is 16.9 Å². The second-order valence-corrected chi connectivity index (χ2v) is 4.06. The summed E-state index contributed by atoms with van der Waals surface area (Å²) in [6.07, 6.45) is 0.934. The molecule has 0 spiro atoms. The largest absolute Gasteiger partial charge is 0.389 e. The minimum absolute atomic E-state index is 0.247. The quantitative estimate of drug-likeness (QED) is 0.865. The molecule has 2 rings (SSSR count). The van der Waals surface area contributed by atoms with Gasteiger partial charge in [0.05, 0.1) is 6.10 Å². The van der Waals surface area contributed by atoms with Gasteiger partial charge in [-0.3, -0.25) is 9.48 Å². The summed E-state index contributed by atoms with van der Waals surface area (Å²) in [4.78, 5) is 12.0. The number of anilines is 1. The number of para-hydroxylation sites is 1. The standard InChI is InChI=1S/C13H15N3O2/c1-9(17)10-5-3-4-6-11(10)15-13(18)12-7-8-14-16(12)2/h3-9,17H,1-2H3,(H,15,18). The average Bonchev–Trinajstić information content (AvgIpc) is 2.76. The molecule has 0 aliphatic carbocycles. The van der Waals surface area contributed by atoms with Gasteiger partial charge in [0.2, 0.25) is 0 Å². The molecule has 0 fully saturated rings. The van der Waals surface area contributed by atoms with Gasteiger partial charge in [-0.05, 0) is 19.1 Å². The third-order valence-electron chi connectivity index (χ3n) is 2.71. The summed E-state index contributed by atoms with van der Waals surface area (Å²) in [5, 5.41) is 16.4. The zero-order valence-electron chi connectivity index (χ0n) is 10.3. The highest BCUT2D eigenvalue weighted by Gasteiger charge is 2.13. The fraction of sp³-hybridized carbons (Fsp3) is 0.231. The first-order valence-corrected chi connectivity index (χ1v) is 5.66. The minimum atomic E-state index is -0.631. The summed E-state index contributed by atoms with van der Waals surface area (Å²) in [6, 6.07) is 8.81. The molecule has 0 bridgehead atoms. The van der Waals surface area contributed by atoms with Gasteiger partial charge in [0.15, 0.2) is 0 Å². The van der Waals surface area contributed by atoms with Crippen molar-refractivity contribution >= 4 is 11.6 Å². The molecule has 1 aromatic carbocycles. The number of aromatic nitrogens is 2. The van der Waals surface area contributed by atoms with E-state index in [4.69, 9.17) is 0 Å². The highest BCUT2D eigenvalue weighted by Crippen LogP contribution is 2.22. The van der Waals surface area contributed by atoms with Crippen LogP contribution in [-0.2, 0) is 7.05 Å². The van der Waals surface area contributed by atoms with Crippen molar-refractivity contribution in [3.05, 3.63) is 47.8 Å². The Morgan fingerprint density at radius 3 is 2.72 bits per heavy atom. The third-order valence-corrected chi connectivity index (χ3v) is 2.71. The van der Waals surface area contributed by atoms with Gasteiger partial charge in [-0.1, -0.05) is 18.2 Å². The maximum absolute atomic E-state index is 12.0. The van der Waals surface area contributed by atoms with Gasteiger partial charge in [0, 0.05) is 24.5 Å². The van der Waals surface area contributed by atoms with Crippen LogP contribution in [0.3, 0.4) is 0 Å². The van der Waals surface area contributed by atoms with E-state index in [-0.39, 0.29) is 5.91 Å². The Kier molecular flexibility index (Phi) is 3.43. The second kappa shape index (κ2) is 5.01. The Balaban J connectivity index is 2.25. The number of aliphatic hydroxyl groups is 1. The van der Waals surface area contributed by atoms with E-state index >= 15 is 0 Å². The Bertz CT molecular complexity index is 561. The van der Waals surface area contributed by atoms with Crippen molar-refractivity contribution in [1.29, 1.82) is 0 Å². The summed E-state index contributed by atoms with van der Waals surface area (Å²) < 4.78 is 1.50. The lowest BCUT2D eigenvalue weighted by Crippen LogP contribution is -2.17. The predicted octanol–water partition coefficient (Wildman–Crippen LogP) is 1.73. The van der Waals surface area contributed by atoms with Gasteiger partial charge in [0.25, 0.3) is 5.91 Å². The lowest BCUT2D eigenvalue weighted by molar-refractivity contribution is 0.101. The molecular weight excluding hydrogens is 230 g/mol. The molecule has 18 heavy (non-hydrogen) atoms. The predicted molar refractivity (Wildman–Crippen MR) is 68.2 cm³/mol. The first kappa shape index (κ1) is 12.3. The zero-order chi connectivity index (χ0) is 13.1. The van der Waals surface area contributed by atoms with Crippen molar-refractivity contribution in [2.24, 2.45) is 7.05 Å². The first-order chi connectivity index (χ1) is 8.59. The number of aliphatic hydroxyl groups excluding tert-OH is 1. The first-order valence-electron chi connectivity index (χ1n) is 5.66. The smallest absolute Gasteiger partial charge is 0.273 e. The van der Waals surface area contributed by atoms with Gasteiger partial charge in [-0.2, -0.15) is 5.10 Å². The Morgan fingerprint density at radius 1 is 1.39 bits per heavy atom. The molecule has 0 radical (unpaired) electrons. The van der Waals surface area contributed by atoms with Crippen LogP contribution in [0.1, 0.15) is 29.1 Å². The number of carbonyl (C=O) groups excluding carboxylic acids is 1. The number of amides is 1. The highest BCUT2D eigenvalue weighted by atomic mass is 16.3. The second-order valence-electron chi connectivity index (χ2n) is 4.06. The number of nitrogens with zero attached hydrogens (tertiary/aromatic N) is 2. The molecule has 0 aliphatic rings. The van der Waals surface area contributed by atoms with Crippen LogP contribution < -0.4 is 5.32 Å². The third kappa shape index (κ3) is 2.41. The Hall–Kier alpha value is -2.14. The minimum Gasteiger partial charge on any atom is -0.389 e. The molecule has 2 aromatic rings. The van der Waals surface area contributed by atoms with E-state index in [2.05, 4.69) is 10.4 Å². The van der Waals surface area contributed by atoms with Crippen LogP contribution in [0.15, 0.2) is 36.5 Å². The molecule has 2 N–H and O–H groups in total. The number of aryl methyl sites for hydroxylation is 1. The maximum Gasteiger partial charge on any atom is 0.273 e. The van der Waals surface area contributed by atoms with Crippen LogP contribution in [0.5, 0.6) is 0 Å². The van der Waals surface area contributed by atoms with Crippen molar-refractivity contribution in [2.45, 2.75) is 13.0 Å². The van der Waals surface area contributed by atoms with E-state index in [1.807, 2.05) is 12.1 Å². The molecule has 1 amide bonds. The number of carbonyl (C=O) groups is 1. The van der Waals surface area contributed by atoms with Crippen LogP contribution in [0.2, 0.25) is 0 Å². The van der Waals surface area contributed by atoms with Crippen LogP contribution in [0.25, 0.3) is 0 Å². The lowest BCUT2D eigenvalue weighted by Gasteiger charge is -2.12. The fourth-order valence-corrected chi connectivity index (χ4v) is 1.76. The monoisotopic (exact) mass is 245 g/mol. The van der Waals surface area contributed by atoms with Crippen molar-refractivity contribution in [1.82, 2.24) is 9.78 Å². The molecule has 0 saturated heterocycles. The number of rotatable bonds is 3. The zero-order valence-corrected chi connectivity index (χ0v) is 10.3. The van der Waals surface area contributed by atoms with Crippen LogP contribution in [-0.4, -0.2) is 20.8 Å². The van der Waals surface area contributed by atoms with Gasteiger partial charge in [-0.25, -0.2) is 0 Å². The molecule has 5 heteroatoms. The lowest BCUT2D eigenvalue weighted by atomic mass is 10.1. The molecule has 5 nitrogen and oxygen atoms in total. The van der Waals surface area contributed by atoms with Crippen molar-refractivity contribution < 1.29 is 9.90 Å². The van der Waals surface area contributed by atoms with Gasteiger partial charge < -0.3 is 10.4 Å². The maximum atomic E-state index is 12.0. The summed E-state index contributed by atoms with van der Waals surface area (Å²) in [5.41, 5.74) is 1.77. The normalized spacial score (nSPS) is 12.2. The SMILES string of the molecule is CC(O)c1ccccc1NC(=O)c1ccnn1C. The number of hydrogen-bond donors (Lipinski definition) is 2. The Morgan fingerprint density at radius 2 is 2.11 bits per heavy atom. The fourth-order valence-electron chi connectivity index (χ4n) is 1.76. The molecule has 0 aliphatic heterocycles. The van der Waals surface area contributed by atoms with Gasteiger partial charge in [0.1, 0.15) is 5.69 Å². The summed E-state index contributed by atoms with van der Waals surface area (Å²) in [5.74, 6) is -0.247. The number of nitrogens with one attached hydrogen (secondary N) is 1. The molecule has 0 saturated carbocycles. The average molecular weight is 245 g/mol. The summed E-state index contributed by atoms with van der Waals surface area (Å²) in [7, 11) is 1.70. The van der Waals surface area contributed by atoms with Crippen molar-refractivity contribution in [3.8, 4) is 0 Å². The van der Waals surface area contributed by atoms with Crippen molar-refractivity contribution in [3.63, 3.8) is 0 Å². The topological polar surface area (TPSA) is 67.2 Å². The Labute approximate surface area is 105 Å². The van der Waals surface area contributed by atoms with E-state index < -0.39 is 6.10 Å². The summed E-state index contributed by atoms with van der Waals surface area (Å²) >= 11 is 0.